The topological polar surface area (TPSA) is 110 Å². The van der Waals surface area contributed by atoms with Gasteiger partial charge >= 0.3 is 0 Å². The monoisotopic (exact) mass is 434 g/mol. The second kappa shape index (κ2) is 7.98. The summed E-state index contributed by atoms with van der Waals surface area (Å²) in [7, 11) is 1.56. The number of amides is 1. The van der Waals surface area contributed by atoms with Crippen LogP contribution in [-0.4, -0.2) is 28.1 Å². The van der Waals surface area contributed by atoms with E-state index in [9.17, 15) is 9.90 Å². The molecular weight excluding hydrogens is 412 g/mol. The Morgan fingerprint density at radius 1 is 1.06 bits per heavy atom. The summed E-state index contributed by atoms with van der Waals surface area (Å²) >= 11 is 1.41. The summed E-state index contributed by atoms with van der Waals surface area (Å²) in [6.45, 7) is 3.48. The molecule has 1 amide bonds. The summed E-state index contributed by atoms with van der Waals surface area (Å²) in [5, 5.41) is 14.0. The van der Waals surface area contributed by atoms with Crippen molar-refractivity contribution in [1.82, 2.24) is 9.97 Å². The first-order valence-electron chi connectivity index (χ1n) is 9.60. The highest BCUT2D eigenvalue weighted by atomic mass is 32.1. The van der Waals surface area contributed by atoms with Crippen LogP contribution >= 0.6 is 11.3 Å². The van der Waals surface area contributed by atoms with Crippen LogP contribution in [0.5, 0.6) is 5.88 Å². The maximum Gasteiger partial charge on any atom is 0.251 e. The van der Waals surface area contributed by atoms with Gasteiger partial charge in [0.05, 0.1) is 29.3 Å². The van der Waals surface area contributed by atoms with Gasteiger partial charge in [0.25, 0.3) is 5.91 Å². The first kappa shape index (κ1) is 20.8. The Morgan fingerprint density at radius 3 is 2.39 bits per heavy atom. The number of hydrogen-bond acceptors (Lipinski definition) is 7. The van der Waals surface area contributed by atoms with Crippen LogP contribution in [0.1, 0.15) is 29.8 Å². The molecule has 0 aliphatic heterocycles. The number of benzene rings is 1. The molecule has 4 rings (SSSR count). The van der Waals surface area contributed by atoms with Gasteiger partial charge in [0.2, 0.25) is 5.88 Å². The van der Waals surface area contributed by atoms with Crippen LogP contribution in [-0.2, 0) is 5.60 Å². The lowest BCUT2D eigenvalue weighted by atomic mass is 9.97. The van der Waals surface area contributed by atoms with Crippen molar-refractivity contribution in [3.63, 3.8) is 0 Å². The van der Waals surface area contributed by atoms with Gasteiger partial charge in [-0.3, -0.25) is 4.79 Å². The number of pyridine rings is 2. The number of thiophene rings is 1. The number of carbonyl (C=O) groups is 1. The molecule has 0 saturated heterocycles. The lowest BCUT2D eigenvalue weighted by Gasteiger charge is -2.17. The van der Waals surface area contributed by atoms with E-state index in [2.05, 4.69) is 15.3 Å². The minimum atomic E-state index is -0.917. The number of primary amides is 1. The van der Waals surface area contributed by atoms with Crippen molar-refractivity contribution in [3.05, 3.63) is 65.7 Å². The highest BCUT2D eigenvalue weighted by Crippen LogP contribution is 2.37. The molecule has 158 valence electrons. The van der Waals surface area contributed by atoms with E-state index < -0.39 is 11.5 Å². The van der Waals surface area contributed by atoms with Gasteiger partial charge in [-0.1, -0.05) is 24.3 Å². The van der Waals surface area contributed by atoms with Gasteiger partial charge in [0.1, 0.15) is 10.8 Å². The van der Waals surface area contributed by atoms with Gasteiger partial charge in [0.15, 0.2) is 0 Å². The predicted molar refractivity (Wildman–Crippen MR) is 123 cm³/mol. The molecule has 0 fully saturated rings. The fourth-order valence-corrected chi connectivity index (χ4v) is 4.22. The van der Waals surface area contributed by atoms with Crippen LogP contribution in [0.3, 0.4) is 0 Å². The zero-order valence-corrected chi connectivity index (χ0v) is 18.2. The van der Waals surface area contributed by atoms with E-state index in [0.717, 1.165) is 16.0 Å². The van der Waals surface area contributed by atoms with E-state index in [1.54, 1.807) is 39.2 Å². The molecule has 4 aromatic rings. The number of nitrogens with zero attached hydrogens (tertiary/aromatic N) is 2. The maximum atomic E-state index is 12.0. The second-order valence-electron chi connectivity index (χ2n) is 7.57. The fourth-order valence-electron chi connectivity index (χ4n) is 3.14. The van der Waals surface area contributed by atoms with E-state index in [1.165, 1.54) is 11.3 Å². The predicted octanol–water partition coefficient (Wildman–Crippen LogP) is 4.44. The Morgan fingerprint density at radius 2 is 1.74 bits per heavy atom. The van der Waals surface area contributed by atoms with E-state index in [4.69, 9.17) is 10.5 Å². The van der Waals surface area contributed by atoms with Gasteiger partial charge < -0.3 is 20.9 Å². The number of aromatic nitrogens is 2. The largest absolute Gasteiger partial charge is 0.481 e. The molecule has 7 nitrogen and oxygen atoms in total. The number of nitrogens with one attached hydrogen (secondary N) is 1. The standard InChI is InChI=1S/C23H22N4O3S/c1-23(2,29)14-6-4-13(5-7-14)18-12-15(21(24)28)22(31-18)27-19-10-8-17-16(25-19)9-11-20(26-17)30-3/h4-12,29H,1-3H3,(H2,24,28)(H,25,27). The smallest absolute Gasteiger partial charge is 0.251 e. The van der Waals surface area contributed by atoms with Crippen LogP contribution in [0.4, 0.5) is 10.8 Å². The molecule has 0 spiro atoms. The summed E-state index contributed by atoms with van der Waals surface area (Å²) in [6.07, 6.45) is 0. The van der Waals surface area contributed by atoms with Gasteiger partial charge in [-0.25, -0.2) is 9.97 Å². The minimum Gasteiger partial charge on any atom is -0.481 e. The first-order valence-corrected chi connectivity index (χ1v) is 10.4. The number of anilines is 2. The molecule has 8 heteroatoms. The molecule has 4 N–H and O–H groups in total. The van der Waals surface area contributed by atoms with Crippen molar-refractivity contribution < 1.29 is 14.6 Å². The van der Waals surface area contributed by atoms with E-state index in [0.29, 0.717) is 33.3 Å². The molecule has 0 aliphatic rings. The molecule has 1 aromatic carbocycles. The SMILES string of the molecule is COc1ccc2nc(Nc3sc(-c4ccc(C(C)(C)O)cc4)cc3C(N)=O)ccc2n1. The third-order valence-corrected chi connectivity index (χ3v) is 5.94. The zero-order chi connectivity index (χ0) is 22.2. The van der Waals surface area contributed by atoms with E-state index in [1.807, 2.05) is 36.4 Å². The molecule has 0 atom stereocenters. The zero-order valence-electron chi connectivity index (χ0n) is 17.3. The van der Waals surface area contributed by atoms with Gasteiger partial charge in [0, 0.05) is 10.9 Å². The van der Waals surface area contributed by atoms with Gasteiger partial charge in [-0.2, -0.15) is 0 Å². The summed E-state index contributed by atoms with van der Waals surface area (Å²) in [6, 6.07) is 16.5. The Bertz CT molecular complexity index is 1260. The molecule has 3 aromatic heterocycles. The first-order chi connectivity index (χ1) is 14.7. The average Bonchev–Trinajstić information content (AvgIpc) is 3.17. The third kappa shape index (κ3) is 4.35. The Labute approximate surface area is 183 Å². The number of ether oxygens (including phenoxy) is 1. The van der Waals surface area contributed by atoms with Gasteiger partial charge in [-0.05, 0) is 49.2 Å². The number of aliphatic hydroxyl groups is 1. The maximum absolute atomic E-state index is 12.0. The highest BCUT2D eigenvalue weighted by molar-refractivity contribution is 7.19. The summed E-state index contributed by atoms with van der Waals surface area (Å²) < 4.78 is 5.14. The number of nitrogens with two attached hydrogens (primary N) is 1. The van der Waals surface area contributed by atoms with Gasteiger partial charge in [-0.15, -0.1) is 11.3 Å². The van der Waals surface area contributed by atoms with E-state index in [-0.39, 0.29) is 0 Å². The third-order valence-electron chi connectivity index (χ3n) is 4.84. The van der Waals surface area contributed by atoms with Crippen molar-refractivity contribution in [1.29, 1.82) is 0 Å². The summed E-state index contributed by atoms with van der Waals surface area (Å²) in [4.78, 5) is 21.8. The number of methoxy groups -OCH3 is 1. The number of carbonyl (C=O) groups excluding carboxylic acids is 1. The molecule has 0 unspecified atom stereocenters. The molecule has 0 aliphatic carbocycles. The molecule has 0 radical (unpaired) electrons. The molecule has 3 heterocycles. The average molecular weight is 435 g/mol. The lowest BCUT2D eigenvalue weighted by molar-refractivity contribution is 0.0786. The number of hydrogen-bond donors (Lipinski definition) is 3. The van der Waals surface area contributed by atoms with Crippen molar-refractivity contribution in [2.75, 3.05) is 12.4 Å². The quantitative estimate of drug-likeness (QED) is 0.414. The second-order valence-corrected chi connectivity index (χ2v) is 8.62. The molecule has 0 bridgehead atoms. The molecule has 0 saturated carbocycles. The van der Waals surface area contributed by atoms with Crippen molar-refractivity contribution >= 4 is 39.1 Å². The highest BCUT2D eigenvalue weighted by Gasteiger charge is 2.18. The molecule has 31 heavy (non-hydrogen) atoms. The van der Waals surface area contributed by atoms with Crippen LogP contribution in [0.15, 0.2) is 54.6 Å². The van der Waals surface area contributed by atoms with E-state index >= 15 is 0 Å². The van der Waals surface area contributed by atoms with Crippen LogP contribution in [0.2, 0.25) is 0 Å². The lowest BCUT2D eigenvalue weighted by Crippen LogP contribution is -2.14. The summed E-state index contributed by atoms with van der Waals surface area (Å²) in [5.74, 6) is 0.572. The van der Waals surface area contributed by atoms with Crippen LogP contribution in [0, 0.1) is 0 Å². The normalized spacial score (nSPS) is 11.5. The van der Waals surface area contributed by atoms with Crippen LogP contribution in [0.25, 0.3) is 21.5 Å². The van der Waals surface area contributed by atoms with Crippen molar-refractivity contribution in [2.24, 2.45) is 5.73 Å². The van der Waals surface area contributed by atoms with Crippen molar-refractivity contribution in [3.8, 4) is 16.3 Å². The summed E-state index contributed by atoms with van der Waals surface area (Å²) in [5.41, 5.74) is 8.23. The Hall–Kier alpha value is -3.49. The Kier molecular flexibility index (Phi) is 5.34. The minimum absolute atomic E-state index is 0.390. The Balaban J connectivity index is 1.66. The fraction of sp³-hybridized carbons (Fsp3) is 0.174. The number of fused-ring (bicyclic) bond motifs is 1. The van der Waals surface area contributed by atoms with Crippen molar-refractivity contribution in [2.45, 2.75) is 19.4 Å². The number of rotatable bonds is 6. The van der Waals surface area contributed by atoms with Crippen LogP contribution < -0.4 is 15.8 Å². The molecular formula is C23H22N4O3S.